The summed E-state index contributed by atoms with van der Waals surface area (Å²) in [6, 6.07) is 2.50. The number of nitrogens with zero attached hydrogens (tertiary/aromatic N) is 4. The second-order valence-corrected chi connectivity index (χ2v) is 4.05. The van der Waals surface area contributed by atoms with E-state index in [2.05, 4.69) is 34.2 Å². The topological polar surface area (TPSA) is 52.8 Å². The van der Waals surface area contributed by atoms with Gasteiger partial charge >= 0.3 is 0 Å². The van der Waals surface area contributed by atoms with Gasteiger partial charge in [0.25, 0.3) is 0 Å². The quantitative estimate of drug-likeness (QED) is 0.762. The van der Waals surface area contributed by atoms with Gasteiger partial charge < -0.3 is 4.90 Å². The van der Waals surface area contributed by atoms with Crippen molar-refractivity contribution in [2.75, 3.05) is 11.4 Å². The summed E-state index contributed by atoms with van der Waals surface area (Å²) in [5, 5.41) is 9.45. The molecule has 0 saturated carbocycles. The van der Waals surface area contributed by atoms with Crippen molar-refractivity contribution in [1.29, 1.82) is 5.26 Å². The van der Waals surface area contributed by atoms with Gasteiger partial charge in [-0.3, -0.25) is 0 Å². The van der Waals surface area contributed by atoms with Gasteiger partial charge in [0.15, 0.2) is 0 Å². The molecule has 5 heteroatoms. The van der Waals surface area contributed by atoms with Crippen molar-refractivity contribution in [2.24, 2.45) is 0 Å². The van der Waals surface area contributed by atoms with Crippen LogP contribution in [0, 0.1) is 18.3 Å². The van der Waals surface area contributed by atoms with E-state index in [0.29, 0.717) is 12.5 Å². The first-order chi connectivity index (χ1) is 6.65. The van der Waals surface area contributed by atoms with E-state index < -0.39 is 0 Å². The molecule has 0 radical (unpaired) electrons. The maximum atomic E-state index is 8.54. The van der Waals surface area contributed by atoms with E-state index in [-0.39, 0.29) is 0 Å². The second kappa shape index (κ2) is 4.91. The first kappa shape index (κ1) is 10.9. The molecule has 0 amide bonds. The lowest BCUT2D eigenvalue weighted by Gasteiger charge is -2.24. The van der Waals surface area contributed by atoms with E-state index in [1.807, 2.05) is 6.92 Å². The Morgan fingerprint density at radius 2 is 2.29 bits per heavy atom. The molecule has 0 atom stereocenters. The molecule has 0 unspecified atom stereocenters. The predicted octanol–water partition coefficient (Wildman–Crippen LogP) is 1.97. The summed E-state index contributed by atoms with van der Waals surface area (Å²) in [7, 11) is 0. The van der Waals surface area contributed by atoms with Gasteiger partial charge in [-0.1, -0.05) is 0 Å². The van der Waals surface area contributed by atoms with Crippen molar-refractivity contribution in [2.45, 2.75) is 33.2 Å². The standard InChI is InChI=1S/C9H14N4S/c1-7(2)13(6-4-5-10)9-11-8(3)12-14-9/h7H,4,6H2,1-3H3. The SMILES string of the molecule is Cc1nsc(N(CCC#N)C(C)C)n1. The fourth-order valence-corrected chi connectivity index (χ4v) is 1.98. The molecule has 0 spiro atoms. The normalized spacial score (nSPS) is 10.2. The Morgan fingerprint density at radius 3 is 2.71 bits per heavy atom. The molecule has 0 bridgehead atoms. The van der Waals surface area contributed by atoms with Gasteiger partial charge in [-0.05, 0) is 20.8 Å². The van der Waals surface area contributed by atoms with Crippen LogP contribution in [0.1, 0.15) is 26.1 Å². The molecule has 1 aromatic heterocycles. The summed E-state index contributed by atoms with van der Waals surface area (Å²) in [6.45, 7) is 6.79. The molecular weight excluding hydrogens is 196 g/mol. The van der Waals surface area contributed by atoms with Gasteiger partial charge in [0.1, 0.15) is 5.82 Å². The maximum absolute atomic E-state index is 8.54. The molecular formula is C9H14N4S. The Balaban J connectivity index is 2.73. The molecule has 1 rings (SSSR count). The lowest BCUT2D eigenvalue weighted by molar-refractivity contribution is 0.683. The highest BCUT2D eigenvalue weighted by atomic mass is 32.1. The van der Waals surface area contributed by atoms with E-state index in [0.717, 1.165) is 17.5 Å². The van der Waals surface area contributed by atoms with Crippen molar-refractivity contribution in [3.63, 3.8) is 0 Å². The largest absolute Gasteiger partial charge is 0.343 e. The molecule has 1 heterocycles. The monoisotopic (exact) mass is 210 g/mol. The highest BCUT2D eigenvalue weighted by Gasteiger charge is 2.13. The molecule has 1 aromatic rings. The molecule has 76 valence electrons. The van der Waals surface area contributed by atoms with Crippen LogP contribution < -0.4 is 4.90 Å². The summed E-state index contributed by atoms with van der Waals surface area (Å²) in [5.41, 5.74) is 0. The Hall–Kier alpha value is -1.15. The van der Waals surface area contributed by atoms with Crippen molar-refractivity contribution in [1.82, 2.24) is 9.36 Å². The van der Waals surface area contributed by atoms with Gasteiger partial charge in [0.2, 0.25) is 5.13 Å². The van der Waals surface area contributed by atoms with Gasteiger partial charge in [-0.25, -0.2) is 4.98 Å². The third-order valence-electron chi connectivity index (χ3n) is 1.85. The van der Waals surface area contributed by atoms with E-state index in [4.69, 9.17) is 5.26 Å². The van der Waals surface area contributed by atoms with E-state index >= 15 is 0 Å². The third kappa shape index (κ3) is 2.67. The fraction of sp³-hybridized carbons (Fsp3) is 0.667. The van der Waals surface area contributed by atoms with Crippen molar-refractivity contribution >= 4 is 16.7 Å². The average molecular weight is 210 g/mol. The molecule has 0 saturated heterocycles. The lowest BCUT2D eigenvalue weighted by atomic mass is 10.3. The molecule has 4 nitrogen and oxygen atoms in total. The van der Waals surface area contributed by atoms with Gasteiger partial charge in [-0.15, -0.1) is 0 Å². The number of anilines is 1. The first-order valence-corrected chi connectivity index (χ1v) is 5.36. The van der Waals surface area contributed by atoms with Crippen LogP contribution in [-0.4, -0.2) is 21.9 Å². The van der Waals surface area contributed by atoms with Crippen LogP contribution in [0.15, 0.2) is 0 Å². The Morgan fingerprint density at radius 1 is 1.57 bits per heavy atom. The molecule has 0 aliphatic rings. The van der Waals surface area contributed by atoms with Gasteiger partial charge in [0.05, 0.1) is 12.5 Å². The van der Waals surface area contributed by atoms with Gasteiger partial charge in [-0.2, -0.15) is 9.64 Å². The van der Waals surface area contributed by atoms with Crippen LogP contribution >= 0.6 is 11.5 Å². The zero-order valence-electron chi connectivity index (χ0n) is 8.69. The number of hydrogen-bond donors (Lipinski definition) is 0. The minimum Gasteiger partial charge on any atom is -0.343 e. The summed E-state index contributed by atoms with van der Waals surface area (Å²) in [5.74, 6) is 0.799. The average Bonchev–Trinajstić information content (AvgIpc) is 2.52. The van der Waals surface area contributed by atoms with Crippen LogP contribution in [0.4, 0.5) is 5.13 Å². The lowest BCUT2D eigenvalue weighted by Crippen LogP contribution is -2.31. The number of nitriles is 1. The predicted molar refractivity (Wildman–Crippen MR) is 57.4 cm³/mol. The summed E-state index contributed by atoms with van der Waals surface area (Å²) < 4.78 is 4.13. The molecule has 0 aliphatic heterocycles. The first-order valence-electron chi connectivity index (χ1n) is 4.59. The summed E-state index contributed by atoms with van der Waals surface area (Å²) in [4.78, 5) is 6.41. The van der Waals surface area contributed by atoms with Crippen LogP contribution in [-0.2, 0) is 0 Å². The maximum Gasteiger partial charge on any atom is 0.205 e. The highest BCUT2D eigenvalue weighted by molar-refractivity contribution is 7.09. The Kier molecular flexibility index (Phi) is 3.84. The zero-order valence-corrected chi connectivity index (χ0v) is 9.51. The number of aromatic nitrogens is 2. The molecule has 0 aliphatic carbocycles. The molecule has 0 N–H and O–H groups in total. The minimum atomic E-state index is 0.357. The number of rotatable bonds is 4. The summed E-state index contributed by atoms with van der Waals surface area (Å²) in [6.07, 6.45) is 0.525. The van der Waals surface area contributed by atoms with E-state index in [9.17, 15) is 0 Å². The van der Waals surface area contributed by atoms with Gasteiger partial charge in [0, 0.05) is 24.1 Å². The minimum absolute atomic E-state index is 0.357. The van der Waals surface area contributed by atoms with Crippen LogP contribution in [0.25, 0.3) is 0 Å². The molecule has 0 fully saturated rings. The number of hydrogen-bond acceptors (Lipinski definition) is 5. The van der Waals surface area contributed by atoms with Crippen molar-refractivity contribution in [3.05, 3.63) is 5.82 Å². The smallest absolute Gasteiger partial charge is 0.205 e. The zero-order chi connectivity index (χ0) is 10.6. The van der Waals surface area contributed by atoms with Crippen molar-refractivity contribution < 1.29 is 0 Å². The fourth-order valence-electron chi connectivity index (χ4n) is 1.15. The Bertz CT molecular complexity index is 326. The van der Waals surface area contributed by atoms with Crippen molar-refractivity contribution in [3.8, 4) is 6.07 Å². The van der Waals surface area contributed by atoms with Crippen LogP contribution in [0.3, 0.4) is 0 Å². The Labute approximate surface area is 88.4 Å². The third-order valence-corrected chi connectivity index (χ3v) is 2.70. The van der Waals surface area contributed by atoms with E-state index in [1.165, 1.54) is 11.5 Å². The van der Waals surface area contributed by atoms with Crippen LogP contribution in [0.2, 0.25) is 0 Å². The summed E-state index contributed by atoms with van der Waals surface area (Å²) >= 11 is 1.39. The second-order valence-electron chi connectivity index (χ2n) is 3.32. The number of aryl methyl sites for hydroxylation is 1. The molecule has 0 aromatic carbocycles. The molecule has 14 heavy (non-hydrogen) atoms. The van der Waals surface area contributed by atoms with Crippen LogP contribution in [0.5, 0.6) is 0 Å². The van der Waals surface area contributed by atoms with E-state index in [1.54, 1.807) is 0 Å². The highest BCUT2D eigenvalue weighted by Crippen LogP contribution is 2.19.